The fraction of sp³-hybridized carbons (Fsp3) is 0.125. The van der Waals surface area contributed by atoms with Gasteiger partial charge < -0.3 is 15.9 Å². The zero-order chi connectivity index (χ0) is 18.4. The molecule has 0 fully saturated rings. The third-order valence-electron chi connectivity index (χ3n) is 3.15. The van der Waals surface area contributed by atoms with E-state index < -0.39 is 16.9 Å². The third kappa shape index (κ3) is 6.11. The van der Waals surface area contributed by atoms with Crippen LogP contribution >= 0.6 is 12.4 Å². The van der Waals surface area contributed by atoms with Crippen LogP contribution in [0.2, 0.25) is 0 Å². The van der Waals surface area contributed by atoms with Crippen LogP contribution < -0.4 is 5.73 Å². The predicted octanol–water partition coefficient (Wildman–Crippen LogP) is 3.30. The molecule has 0 aliphatic carbocycles. The lowest BCUT2D eigenvalue weighted by Crippen LogP contribution is -2.00. The number of carbonyl (C=O) groups is 2. The molecule has 2 aromatic rings. The molecule has 0 amide bonds. The number of nitrogens with zero attached hydrogens (tertiary/aromatic N) is 1. The van der Waals surface area contributed by atoms with Crippen LogP contribution in [0.3, 0.4) is 0 Å². The number of nitrogen functional groups attached to an aromatic ring is 1. The number of non-ortho nitro benzene ring substituents is 1. The molecule has 25 heavy (non-hydrogen) atoms. The van der Waals surface area contributed by atoms with Gasteiger partial charge in [-0.1, -0.05) is 12.1 Å². The van der Waals surface area contributed by atoms with Crippen molar-refractivity contribution < 1.29 is 24.7 Å². The van der Waals surface area contributed by atoms with Crippen molar-refractivity contribution in [2.45, 2.75) is 13.8 Å². The Balaban J connectivity index is 0.000000449. The van der Waals surface area contributed by atoms with E-state index in [-0.39, 0.29) is 29.2 Å². The van der Waals surface area contributed by atoms with E-state index in [1.54, 1.807) is 26.0 Å². The number of hydrogen-bond donors (Lipinski definition) is 3. The van der Waals surface area contributed by atoms with Gasteiger partial charge in [0.05, 0.1) is 16.1 Å². The Morgan fingerprint density at radius 2 is 1.40 bits per heavy atom. The standard InChI is InChI=1S/C8H7NO4.C8H9NO2.ClH/c1-5-2-3-6(9(12)13)4-7(5)8(10)11;1-5-2-3-6(9)4-7(5)8(10)11;/h2-4H,1H3,(H,10,11);2-4H,9H2,1H3,(H,10,11);1H. The quantitative estimate of drug-likeness (QED) is 0.428. The summed E-state index contributed by atoms with van der Waals surface area (Å²) in [5.41, 5.74) is 7.15. The summed E-state index contributed by atoms with van der Waals surface area (Å²) in [6.45, 7) is 3.33. The minimum absolute atomic E-state index is 0. The van der Waals surface area contributed by atoms with Crippen LogP contribution in [-0.2, 0) is 0 Å². The van der Waals surface area contributed by atoms with Crippen molar-refractivity contribution >= 4 is 35.7 Å². The van der Waals surface area contributed by atoms with Gasteiger partial charge in [0.15, 0.2) is 0 Å². The first-order chi connectivity index (χ1) is 11.1. The average molecular weight is 369 g/mol. The molecule has 0 bridgehead atoms. The van der Waals surface area contributed by atoms with E-state index >= 15 is 0 Å². The SMILES string of the molecule is Cc1ccc(N)cc1C(=O)O.Cc1ccc([N+](=O)[O-])cc1C(=O)O.Cl. The molecule has 0 radical (unpaired) electrons. The van der Waals surface area contributed by atoms with Crippen molar-refractivity contribution in [1.82, 2.24) is 0 Å². The van der Waals surface area contributed by atoms with Gasteiger partial charge >= 0.3 is 11.9 Å². The maximum Gasteiger partial charge on any atom is 0.336 e. The molecule has 0 aromatic heterocycles. The lowest BCUT2D eigenvalue weighted by Gasteiger charge is -2.00. The summed E-state index contributed by atoms with van der Waals surface area (Å²) in [5.74, 6) is -2.09. The van der Waals surface area contributed by atoms with Gasteiger partial charge in [-0.15, -0.1) is 12.4 Å². The number of halogens is 1. The van der Waals surface area contributed by atoms with Crippen LogP contribution in [0.1, 0.15) is 31.8 Å². The second-order valence-corrected chi connectivity index (χ2v) is 4.94. The highest BCUT2D eigenvalue weighted by Gasteiger charge is 2.12. The maximum atomic E-state index is 10.6. The molecule has 0 heterocycles. The number of hydrogen-bond acceptors (Lipinski definition) is 5. The Morgan fingerprint density at radius 1 is 0.960 bits per heavy atom. The molecular formula is C16H17ClN2O6. The van der Waals surface area contributed by atoms with Gasteiger partial charge in [0.2, 0.25) is 0 Å². The van der Waals surface area contributed by atoms with Crippen molar-refractivity contribution in [2.24, 2.45) is 0 Å². The van der Waals surface area contributed by atoms with Crippen LogP contribution in [0.5, 0.6) is 0 Å². The van der Waals surface area contributed by atoms with E-state index in [0.29, 0.717) is 11.3 Å². The summed E-state index contributed by atoms with van der Waals surface area (Å²) in [4.78, 5) is 30.8. The van der Waals surface area contributed by atoms with Crippen molar-refractivity contribution in [3.05, 3.63) is 68.8 Å². The number of aryl methyl sites for hydroxylation is 2. The fourth-order valence-electron chi connectivity index (χ4n) is 1.82. The van der Waals surface area contributed by atoms with Gasteiger partial charge in [-0.2, -0.15) is 0 Å². The van der Waals surface area contributed by atoms with Crippen LogP contribution in [0.4, 0.5) is 11.4 Å². The van der Waals surface area contributed by atoms with Crippen molar-refractivity contribution in [2.75, 3.05) is 5.73 Å². The third-order valence-corrected chi connectivity index (χ3v) is 3.15. The number of rotatable bonds is 3. The van der Waals surface area contributed by atoms with Crippen LogP contribution in [0, 0.1) is 24.0 Å². The van der Waals surface area contributed by atoms with Crippen molar-refractivity contribution in [1.29, 1.82) is 0 Å². The van der Waals surface area contributed by atoms with Gasteiger partial charge in [-0.3, -0.25) is 10.1 Å². The summed E-state index contributed by atoms with van der Waals surface area (Å²) >= 11 is 0. The minimum Gasteiger partial charge on any atom is -0.478 e. The van der Waals surface area contributed by atoms with Gasteiger partial charge in [0.25, 0.3) is 5.69 Å². The maximum absolute atomic E-state index is 10.6. The van der Waals surface area contributed by atoms with E-state index in [4.69, 9.17) is 15.9 Å². The van der Waals surface area contributed by atoms with Crippen LogP contribution in [-0.4, -0.2) is 27.1 Å². The van der Waals surface area contributed by atoms with E-state index in [9.17, 15) is 19.7 Å². The van der Waals surface area contributed by atoms with Crippen LogP contribution in [0.25, 0.3) is 0 Å². The highest BCUT2D eigenvalue weighted by molar-refractivity contribution is 5.90. The smallest absolute Gasteiger partial charge is 0.336 e. The van der Waals surface area contributed by atoms with Crippen molar-refractivity contribution in [3.8, 4) is 0 Å². The molecule has 0 spiro atoms. The molecule has 134 valence electrons. The molecule has 0 atom stereocenters. The van der Waals surface area contributed by atoms with Gasteiger partial charge in [-0.25, -0.2) is 9.59 Å². The van der Waals surface area contributed by atoms with Crippen molar-refractivity contribution in [3.63, 3.8) is 0 Å². The summed E-state index contributed by atoms with van der Waals surface area (Å²) in [5, 5.41) is 27.6. The molecule has 0 saturated carbocycles. The zero-order valence-corrected chi connectivity index (χ0v) is 14.2. The number of carboxylic acids is 2. The molecule has 0 aliphatic heterocycles. The predicted molar refractivity (Wildman–Crippen MR) is 94.6 cm³/mol. The molecule has 8 nitrogen and oxygen atoms in total. The summed E-state index contributed by atoms with van der Waals surface area (Å²) < 4.78 is 0. The molecule has 9 heteroatoms. The average Bonchev–Trinajstić information content (AvgIpc) is 2.50. The molecule has 4 N–H and O–H groups in total. The first kappa shape index (κ1) is 21.9. The lowest BCUT2D eigenvalue weighted by atomic mass is 10.1. The second-order valence-electron chi connectivity index (χ2n) is 4.94. The molecular weight excluding hydrogens is 352 g/mol. The Hall–Kier alpha value is -3.13. The number of aromatic carboxylic acids is 2. The molecule has 0 unspecified atom stereocenters. The fourth-order valence-corrected chi connectivity index (χ4v) is 1.82. The summed E-state index contributed by atoms with van der Waals surface area (Å²) in [7, 11) is 0. The number of carboxylic acid groups (broad SMARTS) is 2. The largest absolute Gasteiger partial charge is 0.478 e. The Labute approximate surface area is 149 Å². The number of anilines is 1. The highest BCUT2D eigenvalue weighted by atomic mass is 35.5. The number of nitro benzene ring substituents is 1. The molecule has 2 aromatic carbocycles. The number of benzene rings is 2. The number of nitrogens with two attached hydrogens (primary N) is 1. The van der Waals surface area contributed by atoms with Gasteiger partial charge in [-0.05, 0) is 37.1 Å². The second kappa shape index (κ2) is 9.24. The highest BCUT2D eigenvalue weighted by Crippen LogP contribution is 2.17. The van der Waals surface area contributed by atoms with E-state index in [2.05, 4.69) is 0 Å². The lowest BCUT2D eigenvalue weighted by molar-refractivity contribution is -0.384. The van der Waals surface area contributed by atoms with Gasteiger partial charge in [0, 0.05) is 17.8 Å². The van der Waals surface area contributed by atoms with E-state index in [0.717, 1.165) is 11.6 Å². The summed E-state index contributed by atoms with van der Waals surface area (Å²) in [6, 6.07) is 8.58. The molecule has 0 saturated heterocycles. The number of nitro groups is 1. The summed E-state index contributed by atoms with van der Waals surface area (Å²) in [6.07, 6.45) is 0. The van der Waals surface area contributed by atoms with E-state index in [1.807, 2.05) is 0 Å². The minimum atomic E-state index is -1.15. The topological polar surface area (TPSA) is 144 Å². The van der Waals surface area contributed by atoms with E-state index in [1.165, 1.54) is 18.2 Å². The Kier molecular flexibility index (Phi) is 8.08. The van der Waals surface area contributed by atoms with Gasteiger partial charge in [0.1, 0.15) is 0 Å². The first-order valence-electron chi connectivity index (χ1n) is 6.71. The molecule has 0 aliphatic rings. The monoisotopic (exact) mass is 368 g/mol. The molecule has 2 rings (SSSR count). The van der Waals surface area contributed by atoms with Crippen LogP contribution in [0.15, 0.2) is 36.4 Å². The Bertz CT molecular complexity index is 807. The first-order valence-corrected chi connectivity index (χ1v) is 6.71. The zero-order valence-electron chi connectivity index (χ0n) is 13.4. The normalized spacial score (nSPS) is 9.20. The Morgan fingerprint density at radius 3 is 1.80 bits per heavy atom.